The lowest BCUT2D eigenvalue weighted by Crippen LogP contribution is -2.47. The van der Waals surface area contributed by atoms with Crippen LogP contribution in [0, 0.1) is 0 Å². The molecule has 3 N–H and O–H groups in total. The van der Waals surface area contributed by atoms with Crippen molar-refractivity contribution >= 4 is 53.1 Å². The van der Waals surface area contributed by atoms with Gasteiger partial charge in [0.15, 0.2) is 12.2 Å². The molecule has 2 atom stereocenters. The molecular weight excluding hydrogens is 535 g/mol. The summed E-state index contributed by atoms with van der Waals surface area (Å²) in [6.45, 7) is -0.123. The van der Waals surface area contributed by atoms with Gasteiger partial charge in [0.1, 0.15) is 6.04 Å². The highest BCUT2D eigenvalue weighted by Crippen LogP contribution is 2.31. The molecule has 0 aliphatic carbocycles. The first-order valence-electron chi connectivity index (χ1n) is 11.3. The highest BCUT2D eigenvalue weighted by molar-refractivity contribution is 7.98. The van der Waals surface area contributed by atoms with Crippen LogP contribution in [0.2, 0.25) is 10.0 Å². The van der Waals surface area contributed by atoms with E-state index in [0.717, 1.165) is 23.1 Å². The number of benzene rings is 3. The van der Waals surface area contributed by atoms with Crippen molar-refractivity contribution in [1.29, 1.82) is 0 Å². The van der Waals surface area contributed by atoms with Gasteiger partial charge in [-0.25, -0.2) is 4.79 Å². The van der Waals surface area contributed by atoms with Crippen molar-refractivity contribution in [3.63, 3.8) is 0 Å². The third kappa shape index (κ3) is 7.17. The molecule has 1 saturated heterocycles. The molecule has 11 heteroatoms. The van der Waals surface area contributed by atoms with Crippen molar-refractivity contribution in [2.24, 2.45) is 5.73 Å². The SMILES string of the molecule is NC(Cc1ccccc1)C(=O)OCN1C(=O)N(Cc2ccc(Cl)cc2)SC1NC(=O)c1ccc(Cl)cc1. The van der Waals surface area contributed by atoms with Gasteiger partial charge in [0.2, 0.25) is 0 Å². The Morgan fingerprint density at radius 1 is 0.946 bits per heavy atom. The van der Waals surface area contributed by atoms with Gasteiger partial charge in [-0.2, -0.15) is 0 Å². The lowest BCUT2D eigenvalue weighted by Gasteiger charge is -2.23. The predicted molar refractivity (Wildman–Crippen MR) is 144 cm³/mol. The van der Waals surface area contributed by atoms with Crippen molar-refractivity contribution in [2.45, 2.75) is 24.5 Å². The molecule has 1 fully saturated rings. The van der Waals surface area contributed by atoms with Crippen LogP contribution in [0.3, 0.4) is 0 Å². The summed E-state index contributed by atoms with van der Waals surface area (Å²) in [5.74, 6) is -1.06. The van der Waals surface area contributed by atoms with E-state index in [-0.39, 0.29) is 13.3 Å². The van der Waals surface area contributed by atoms with Crippen LogP contribution >= 0.6 is 35.1 Å². The molecule has 37 heavy (non-hydrogen) atoms. The molecule has 1 heterocycles. The van der Waals surface area contributed by atoms with E-state index < -0.39 is 29.4 Å². The number of carbonyl (C=O) groups excluding carboxylic acids is 3. The van der Waals surface area contributed by atoms with Crippen molar-refractivity contribution in [3.8, 4) is 0 Å². The van der Waals surface area contributed by atoms with Crippen LogP contribution in [-0.4, -0.2) is 45.4 Å². The van der Waals surface area contributed by atoms with Gasteiger partial charge in [0.05, 0.1) is 6.54 Å². The van der Waals surface area contributed by atoms with Crippen LogP contribution in [0.5, 0.6) is 0 Å². The molecule has 3 aromatic rings. The molecule has 3 aromatic carbocycles. The number of ether oxygens (including phenoxy) is 1. The van der Waals surface area contributed by atoms with Crippen molar-refractivity contribution in [2.75, 3.05) is 6.73 Å². The Morgan fingerprint density at radius 2 is 1.57 bits per heavy atom. The minimum Gasteiger partial charge on any atom is -0.443 e. The van der Waals surface area contributed by atoms with Gasteiger partial charge >= 0.3 is 12.0 Å². The number of hydrogen-bond donors (Lipinski definition) is 2. The molecule has 1 aliphatic rings. The highest BCUT2D eigenvalue weighted by atomic mass is 35.5. The van der Waals surface area contributed by atoms with Crippen molar-refractivity contribution in [3.05, 3.63) is 106 Å². The summed E-state index contributed by atoms with van der Waals surface area (Å²) in [5, 5.41) is 3.89. The second-order valence-electron chi connectivity index (χ2n) is 8.24. The van der Waals surface area contributed by atoms with Gasteiger partial charge in [0.25, 0.3) is 5.91 Å². The summed E-state index contributed by atoms with van der Waals surface area (Å²) < 4.78 is 6.87. The van der Waals surface area contributed by atoms with Gasteiger partial charge in [-0.3, -0.25) is 18.8 Å². The maximum atomic E-state index is 13.2. The zero-order chi connectivity index (χ0) is 26.4. The van der Waals surface area contributed by atoms with Crippen LogP contribution in [0.15, 0.2) is 78.9 Å². The molecule has 0 spiro atoms. The summed E-state index contributed by atoms with van der Waals surface area (Å²) in [4.78, 5) is 39.9. The van der Waals surface area contributed by atoms with Crippen LogP contribution in [0.1, 0.15) is 21.5 Å². The van der Waals surface area contributed by atoms with Crippen molar-refractivity contribution in [1.82, 2.24) is 14.5 Å². The third-order valence-electron chi connectivity index (χ3n) is 5.52. The van der Waals surface area contributed by atoms with Crippen LogP contribution in [-0.2, 0) is 22.5 Å². The van der Waals surface area contributed by atoms with Crippen LogP contribution in [0.25, 0.3) is 0 Å². The first-order valence-corrected chi connectivity index (χ1v) is 12.9. The maximum absolute atomic E-state index is 13.2. The van der Waals surface area contributed by atoms with Crippen LogP contribution in [0.4, 0.5) is 4.79 Å². The van der Waals surface area contributed by atoms with Crippen LogP contribution < -0.4 is 11.1 Å². The maximum Gasteiger partial charge on any atom is 0.335 e. The number of rotatable bonds is 9. The van der Waals surface area contributed by atoms with E-state index in [4.69, 9.17) is 33.7 Å². The average molecular weight is 559 g/mol. The highest BCUT2D eigenvalue weighted by Gasteiger charge is 2.40. The quantitative estimate of drug-likeness (QED) is 0.292. The molecule has 0 aromatic heterocycles. The van der Waals surface area contributed by atoms with E-state index >= 15 is 0 Å². The summed E-state index contributed by atoms with van der Waals surface area (Å²) in [6.07, 6.45) is 0.293. The number of hydrogen-bond acceptors (Lipinski definition) is 6. The fraction of sp³-hybridized carbons (Fsp3) is 0.192. The zero-order valence-corrected chi connectivity index (χ0v) is 21.9. The first kappa shape index (κ1) is 26.8. The number of halogens is 2. The van der Waals surface area contributed by atoms with Gasteiger partial charge < -0.3 is 15.8 Å². The Bertz CT molecular complexity index is 1250. The lowest BCUT2D eigenvalue weighted by atomic mass is 10.1. The number of amides is 3. The minimum atomic E-state index is -0.903. The second-order valence-corrected chi connectivity index (χ2v) is 10.2. The number of urea groups is 1. The van der Waals surface area contributed by atoms with E-state index in [2.05, 4.69) is 5.32 Å². The number of nitrogens with two attached hydrogens (primary N) is 1. The summed E-state index contributed by atoms with van der Waals surface area (Å²) >= 11 is 13.0. The fourth-order valence-electron chi connectivity index (χ4n) is 3.54. The number of nitrogens with zero attached hydrogens (tertiary/aromatic N) is 2. The van der Waals surface area contributed by atoms with Crippen molar-refractivity contribution < 1.29 is 19.1 Å². The van der Waals surface area contributed by atoms with E-state index in [1.807, 2.05) is 42.5 Å². The largest absolute Gasteiger partial charge is 0.443 e. The Labute approximate surface area is 228 Å². The van der Waals surface area contributed by atoms with Gasteiger partial charge in [-0.1, -0.05) is 65.7 Å². The smallest absolute Gasteiger partial charge is 0.335 e. The van der Waals surface area contributed by atoms with E-state index in [1.54, 1.807) is 36.4 Å². The standard InChI is InChI=1S/C26H24Cl2N4O4S/c27-20-10-6-18(7-11-20)15-32-26(35)31(16-36-24(34)22(29)14-17-4-2-1-3-5-17)25(37-32)30-23(33)19-8-12-21(28)13-9-19/h1-13,22,25H,14-16,29H2,(H,30,33). The summed E-state index contributed by atoms with van der Waals surface area (Å²) in [6, 6.07) is 21.4. The molecule has 0 saturated carbocycles. The Balaban J connectivity index is 1.44. The first-order chi connectivity index (χ1) is 17.8. The molecule has 3 amide bonds. The Morgan fingerprint density at radius 3 is 2.22 bits per heavy atom. The predicted octanol–water partition coefficient (Wildman–Crippen LogP) is 4.66. The summed E-state index contributed by atoms with van der Waals surface area (Å²) in [5.41, 5.74) is 7.32. The average Bonchev–Trinajstić information content (AvgIpc) is 3.18. The van der Waals surface area contributed by atoms with E-state index in [1.165, 1.54) is 9.21 Å². The normalized spacial score (nSPS) is 16.0. The second kappa shape index (κ2) is 12.3. The van der Waals surface area contributed by atoms with E-state index in [0.29, 0.717) is 22.0 Å². The minimum absolute atomic E-state index is 0.256. The molecule has 0 bridgehead atoms. The Hall–Kier alpha value is -3.24. The number of esters is 1. The lowest BCUT2D eigenvalue weighted by molar-refractivity contribution is -0.148. The molecule has 1 aliphatic heterocycles. The monoisotopic (exact) mass is 558 g/mol. The molecular formula is C26H24Cl2N4O4S. The molecule has 0 radical (unpaired) electrons. The zero-order valence-electron chi connectivity index (χ0n) is 19.6. The molecule has 192 valence electrons. The molecule has 4 rings (SSSR count). The number of carbonyl (C=O) groups is 3. The Kier molecular flexibility index (Phi) is 8.94. The summed E-state index contributed by atoms with van der Waals surface area (Å²) in [7, 11) is 0. The van der Waals surface area contributed by atoms with Gasteiger partial charge in [-0.15, -0.1) is 0 Å². The third-order valence-corrected chi connectivity index (χ3v) is 7.13. The molecule has 2 unspecified atom stereocenters. The van der Waals surface area contributed by atoms with Gasteiger partial charge in [0, 0.05) is 27.6 Å². The van der Waals surface area contributed by atoms with Gasteiger partial charge in [-0.05, 0) is 53.9 Å². The fourth-order valence-corrected chi connectivity index (χ4v) is 4.88. The van der Waals surface area contributed by atoms with E-state index in [9.17, 15) is 14.4 Å². The molecule has 8 nitrogen and oxygen atoms in total. The number of nitrogens with one attached hydrogen (secondary N) is 1. The topological polar surface area (TPSA) is 105 Å².